The van der Waals surface area contributed by atoms with Crippen LogP contribution < -0.4 is 0 Å². The third-order valence-corrected chi connectivity index (χ3v) is 4.68. The molecule has 0 aliphatic rings. The number of rotatable bonds is 6. The molecular formula is C13H16Cl2N2OS. The molecule has 0 aliphatic carbocycles. The topological polar surface area (TPSA) is 34.9 Å². The van der Waals surface area contributed by atoms with E-state index in [0.717, 1.165) is 16.9 Å². The van der Waals surface area contributed by atoms with Gasteiger partial charge in [-0.15, -0.1) is 11.6 Å². The van der Waals surface area contributed by atoms with Crippen molar-refractivity contribution in [1.29, 1.82) is 0 Å². The Kier molecular flexibility index (Phi) is 5.25. The van der Waals surface area contributed by atoms with Crippen molar-refractivity contribution in [2.45, 2.75) is 19.9 Å². The predicted molar refractivity (Wildman–Crippen MR) is 82.7 cm³/mol. The molecule has 6 heteroatoms. The second-order valence-electron chi connectivity index (χ2n) is 4.18. The molecule has 2 aromatic rings. The van der Waals surface area contributed by atoms with Crippen LogP contribution >= 0.6 is 23.2 Å². The lowest BCUT2D eigenvalue weighted by molar-refractivity contribution is 0.671. The van der Waals surface area contributed by atoms with Crippen LogP contribution in [-0.2, 0) is 23.8 Å². The van der Waals surface area contributed by atoms with E-state index < -0.39 is 10.8 Å². The first kappa shape index (κ1) is 14.8. The molecular weight excluding hydrogens is 303 g/mol. The normalized spacial score (nSPS) is 13.0. The van der Waals surface area contributed by atoms with E-state index in [2.05, 4.69) is 9.55 Å². The van der Waals surface area contributed by atoms with Crippen molar-refractivity contribution in [1.82, 2.24) is 9.55 Å². The summed E-state index contributed by atoms with van der Waals surface area (Å²) in [5, 5.41) is 0.683. The van der Waals surface area contributed by atoms with Crippen LogP contribution in [0.4, 0.5) is 0 Å². The lowest BCUT2D eigenvalue weighted by Gasteiger charge is -2.08. The van der Waals surface area contributed by atoms with E-state index in [1.165, 1.54) is 0 Å². The van der Waals surface area contributed by atoms with Crippen molar-refractivity contribution < 1.29 is 4.21 Å². The molecule has 0 fully saturated rings. The van der Waals surface area contributed by atoms with Crippen molar-refractivity contribution >= 4 is 45.0 Å². The van der Waals surface area contributed by atoms with Gasteiger partial charge in [0.05, 0.1) is 11.0 Å². The Morgan fingerprint density at radius 2 is 2.21 bits per heavy atom. The minimum Gasteiger partial charge on any atom is -0.327 e. The highest BCUT2D eigenvalue weighted by atomic mass is 35.5. The van der Waals surface area contributed by atoms with Crippen LogP contribution in [0.3, 0.4) is 0 Å². The molecule has 0 aliphatic heterocycles. The zero-order chi connectivity index (χ0) is 13.8. The quantitative estimate of drug-likeness (QED) is 0.766. The molecule has 0 N–H and O–H groups in total. The molecule has 1 aromatic carbocycles. The summed E-state index contributed by atoms with van der Waals surface area (Å²) in [6, 6.07) is 5.63. The van der Waals surface area contributed by atoms with Crippen molar-refractivity contribution in [2.75, 3.05) is 17.4 Å². The van der Waals surface area contributed by atoms with Gasteiger partial charge < -0.3 is 4.57 Å². The van der Waals surface area contributed by atoms with Gasteiger partial charge in [0.1, 0.15) is 5.82 Å². The summed E-state index contributed by atoms with van der Waals surface area (Å²) < 4.78 is 13.7. The van der Waals surface area contributed by atoms with Gasteiger partial charge in [0.15, 0.2) is 0 Å². The fourth-order valence-electron chi connectivity index (χ4n) is 2.01. The molecule has 1 aromatic heterocycles. The van der Waals surface area contributed by atoms with Gasteiger partial charge >= 0.3 is 0 Å². The number of halogens is 2. The molecule has 1 atom stereocenters. The van der Waals surface area contributed by atoms with Crippen LogP contribution in [0.2, 0.25) is 5.02 Å². The van der Waals surface area contributed by atoms with Crippen molar-refractivity contribution in [3.63, 3.8) is 0 Å². The van der Waals surface area contributed by atoms with Gasteiger partial charge in [-0.1, -0.05) is 18.5 Å². The standard InChI is InChI=1S/C13H16Cl2N2OS/c1-2-19(18)8-7-17-12-9-10(15)3-4-11(12)16-13(17)5-6-14/h3-4,9H,2,5-8H2,1H3. The largest absolute Gasteiger partial charge is 0.327 e. The van der Waals surface area contributed by atoms with Gasteiger partial charge in [-0.05, 0) is 18.2 Å². The first-order valence-electron chi connectivity index (χ1n) is 6.21. The van der Waals surface area contributed by atoms with Gasteiger partial charge in [0, 0.05) is 46.2 Å². The number of alkyl halides is 1. The van der Waals surface area contributed by atoms with Crippen LogP contribution in [0.1, 0.15) is 12.7 Å². The zero-order valence-corrected chi connectivity index (χ0v) is 13.1. The maximum absolute atomic E-state index is 11.6. The Bertz CT molecular complexity index is 598. The van der Waals surface area contributed by atoms with Crippen molar-refractivity contribution in [2.24, 2.45) is 0 Å². The maximum atomic E-state index is 11.6. The highest BCUT2D eigenvalue weighted by molar-refractivity contribution is 7.84. The molecule has 2 rings (SSSR count). The number of hydrogen-bond donors (Lipinski definition) is 0. The molecule has 0 spiro atoms. The molecule has 0 amide bonds. The molecule has 0 saturated heterocycles. The van der Waals surface area contributed by atoms with Crippen LogP contribution in [-0.4, -0.2) is 31.1 Å². The molecule has 0 bridgehead atoms. The minimum atomic E-state index is -0.787. The molecule has 3 nitrogen and oxygen atoms in total. The first-order valence-corrected chi connectivity index (χ1v) is 8.61. The molecule has 1 heterocycles. The Morgan fingerprint density at radius 3 is 2.89 bits per heavy atom. The number of imidazole rings is 1. The molecule has 19 heavy (non-hydrogen) atoms. The summed E-state index contributed by atoms with van der Waals surface area (Å²) in [6.45, 7) is 2.61. The van der Waals surface area contributed by atoms with E-state index in [0.29, 0.717) is 35.4 Å². The number of benzene rings is 1. The minimum absolute atomic E-state index is 0.522. The molecule has 1 unspecified atom stereocenters. The maximum Gasteiger partial charge on any atom is 0.111 e. The Balaban J connectivity index is 2.38. The van der Waals surface area contributed by atoms with E-state index in [9.17, 15) is 4.21 Å². The second-order valence-corrected chi connectivity index (χ2v) is 6.86. The van der Waals surface area contributed by atoms with Crippen LogP contribution in [0.15, 0.2) is 18.2 Å². The van der Waals surface area contributed by atoms with Gasteiger partial charge in [-0.3, -0.25) is 4.21 Å². The van der Waals surface area contributed by atoms with Crippen molar-refractivity contribution in [3.8, 4) is 0 Å². The average Bonchev–Trinajstić information content (AvgIpc) is 2.73. The summed E-state index contributed by atoms with van der Waals surface area (Å²) in [5.74, 6) is 2.76. The zero-order valence-electron chi connectivity index (χ0n) is 10.7. The van der Waals surface area contributed by atoms with Crippen molar-refractivity contribution in [3.05, 3.63) is 29.0 Å². The van der Waals surface area contributed by atoms with Crippen LogP contribution in [0.5, 0.6) is 0 Å². The number of nitrogens with zero attached hydrogens (tertiary/aromatic N) is 2. The predicted octanol–water partition coefficient (Wildman–Crippen LogP) is 3.24. The summed E-state index contributed by atoms with van der Waals surface area (Å²) in [6.07, 6.45) is 0.701. The first-order chi connectivity index (χ1) is 9.15. The number of aryl methyl sites for hydroxylation is 2. The summed E-state index contributed by atoms with van der Waals surface area (Å²) in [4.78, 5) is 4.57. The van der Waals surface area contributed by atoms with Gasteiger partial charge in [0.25, 0.3) is 0 Å². The van der Waals surface area contributed by atoms with Crippen LogP contribution in [0, 0.1) is 0 Å². The summed E-state index contributed by atoms with van der Waals surface area (Å²) >= 11 is 11.9. The number of hydrogen-bond acceptors (Lipinski definition) is 2. The Labute approximate surface area is 125 Å². The van der Waals surface area contributed by atoms with Crippen LogP contribution in [0.25, 0.3) is 11.0 Å². The fourth-order valence-corrected chi connectivity index (χ4v) is 3.02. The van der Waals surface area contributed by atoms with E-state index in [-0.39, 0.29) is 0 Å². The third kappa shape index (κ3) is 3.50. The SMILES string of the molecule is CCS(=O)CCn1c(CCCl)nc2ccc(Cl)cc21. The monoisotopic (exact) mass is 318 g/mol. The van der Waals surface area contributed by atoms with Gasteiger partial charge in [0.2, 0.25) is 0 Å². The van der Waals surface area contributed by atoms with Gasteiger partial charge in [-0.25, -0.2) is 4.98 Å². The third-order valence-electron chi connectivity index (χ3n) is 2.97. The summed E-state index contributed by atoms with van der Waals surface area (Å²) in [7, 11) is -0.787. The van der Waals surface area contributed by atoms with E-state index in [1.807, 2.05) is 25.1 Å². The highest BCUT2D eigenvalue weighted by Gasteiger charge is 2.11. The summed E-state index contributed by atoms with van der Waals surface area (Å²) in [5.41, 5.74) is 1.90. The smallest absolute Gasteiger partial charge is 0.111 e. The van der Waals surface area contributed by atoms with E-state index in [1.54, 1.807) is 0 Å². The average molecular weight is 319 g/mol. The lowest BCUT2D eigenvalue weighted by atomic mass is 10.3. The van der Waals surface area contributed by atoms with E-state index in [4.69, 9.17) is 23.2 Å². The molecule has 0 saturated carbocycles. The number of fused-ring (bicyclic) bond motifs is 1. The lowest BCUT2D eigenvalue weighted by Crippen LogP contribution is -2.12. The molecule has 0 radical (unpaired) electrons. The fraction of sp³-hybridized carbons (Fsp3) is 0.462. The number of aromatic nitrogens is 2. The van der Waals surface area contributed by atoms with E-state index >= 15 is 0 Å². The highest BCUT2D eigenvalue weighted by Crippen LogP contribution is 2.21. The second kappa shape index (κ2) is 6.73. The van der Waals surface area contributed by atoms with Gasteiger partial charge in [-0.2, -0.15) is 0 Å². The Hall–Kier alpha value is -0.580. The molecule has 104 valence electrons. The Morgan fingerprint density at radius 1 is 1.42 bits per heavy atom.